The Morgan fingerprint density at radius 1 is 1.08 bits per heavy atom. The van der Waals surface area contributed by atoms with Gasteiger partial charge in [0.2, 0.25) is 0 Å². The fourth-order valence-electron chi connectivity index (χ4n) is 2.82. The first-order chi connectivity index (χ1) is 11.7. The Bertz CT molecular complexity index is 620. The largest absolute Gasteiger partial charge is 0.491 e. The SMILES string of the molecule is OC(COc1ccc(Cl)cc1)CN1CCC(Oc2ccccc2)C1. The van der Waals surface area contributed by atoms with Crippen LogP contribution in [-0.2, 0) is 0 Å². The van der Waals surface area contributed by atoms with Crippen molar-refractivity contribution >= 4 is 11.6 Å². The van der Waals surface area contributed by atoms with Crippen molar-refractivity contribution in [1.82, 2.24) is 4.90 Å². The van der Waals surface area contributed by atoms with Gasteiger partial charge in [0.1, 0.15) is 30.3 Å². The van der Waals surface area contributed by atoms with Gasteiger partial charge in [-0.25, -0.2) is 0 Å². The molecule has 0 spiro atoms. The highest BCUT2D eigenvalue weighted by Gasteiger charge is 2.25. The maximum absolute atomic E-state index is 10.2. The van der Waals surface area contributed by atoms with Gasteiger partial charge >= 0.3 is 0 Å². The third kappa shape index (κ3) is 5.13. The summed E-state index contributed by atoms with van der Waals surface area (Å²) < 4.78 is 11.5. The van der Waals surface area contributed by atoms with Crippen molar-refractivity contribution in [2.75, 3.05) is 26.2 Å². The first kappa shape index (κ1) is 17.1. The molecule has 2 aromatic rings. The number of nitrogens with zero attached hydrogens (tertiary/aromatic N) is 1. The highest BCUT2D eigenvalue weighted by atomic mass is 35.5. The lowest BCUT2D eigenvalue weighted by atomic mass is 10.3. The normalized spacial score (nSPS) is 19.2. The summed E-state index contributed by atoms with van der Waals surface area (Å²) in [6.07, 6.45) is 0.618. The molecule has 3 rings (SSSR count). The van der Waals surface area contributed by atoms with E-state index in [1.54, 1.807) is 24.3 Å². The van der Waals surface area contributed by atoms with E-state index in [4.69, 9.17) is 21.1 Å². The Morgan fingerprint density at radius 2 is 1.83 bits per heavy atom. The van der Waals surface area contributed by atoms with Crippen molar-refractivity contribution in [3.63, 3.8) is 0 Å². The standard InChI is InChI=1S/C19H22ClNO3/c20-15-6-8-17(9-7-15)23-14-16(22)12-21-11-10-19(13-21)24-18-4-2-1-3-5-18/h1-9,16,19,22H,10-14H2. The number of likely N-dealkylation sites (tertiary alicyclic amines) is 1. The minimum absolute atomic E-state index is 0.178. The van der Waals surface area contributed by atoms with Gasteiger partial charge in [-0.1, -0.05) is 29.8 Å². The number of hydrogen-bond acceptors (Lipinski definition) is 4. The van der Waals surface area contributed by atoms with Gasteiger partial charge in [-0.05, 0) is 42.8 Å². The molecule has 24 heavy (non-hydrogen) atoms. The zero-order chi connectivity index (χ0) is 16.8. The maximum Gasteiger partial charge on any atom is 0.119 e. The molecule has 0 bridgehead atoms. The Hall–Kier alpha value is -1.75. The summed E-state index contributed by atoms with van der Waals surface area (Å²) in [6.45, 7) is 2.60. The van der Waals surface area contributed by atoms with E-state index in [0.717, 1.165) is 25.3 Å². The molecule has 0 radical (unpaired) electrons. The van der Waals surface area contributed by atoms with Crippen LogP contribution in [0.5, 0.6) is 11.5 Å². The monoisotopic (exact) mass is 347 g/mol. The van der Waals surface area contributed by atoms with Gasteiger partial charge in [0.25, 0.3) is 0 Å². The zero-order valence-corrected chi connectivity index (χ0v) is 14.2. The molecule has 0 amide bonds. The smallest absolute Gasteiger partial charge is 0.119 e. The first-order valence-electron chi connectivity index (χ1n) is 8.19. The Balaban J connectivity index is 1.39. The van der Waals surface area contributed by atoms with E-state index >= 15 is 0 Å². The van der Waals surface area contributed by atoms with E-state index < -0.39 is 6.10 Å². The molecule has 0 saturated carbocycles. The molecule has 1 heterocycles. The van der Waals surface area contributed by atoms with Crippen LogP contribution in [0.3, 0.4) is 0 Å². The molecule has 2 atom stereocenters. The minimum atomic E-state index is -0.531. The average Bonchev–Trinajstić information content (AvgIpc) is 3.02. The number of aliphatic hydroxyl groups excluding tert-OH is 1. The second kappa shape index (κ2) is 8.38. The number of benzene rings is 2. The summed E-state index contributed by atoms with van der Waals surface area (Å²) in [7, 11) is 0. The summed E-state index contributed by atoms with van der Waals surface area (Å²) in [5.74, 6) is 1.61. The molecule has 0 aromatic heterocycles. The maximum atomic E-state index is 10.2. The molecule has 1 aliphatic heterocycles. The number of para-hydroxylation sites is 1. The second-order valence-corrected chi connectivity index (χ2v) is 6.46. The molecule has 5 heteroatoms. The van der Waals surface area contributed by atoms with E-state index in [-0.39, 0.29) is 12.7 Å². The van der Waals surface area contributed by atoms with Gasteiger partial charge in [0, 0.05) is 24.7 Å². The number of hydrogen-bond donors (Lipinski definition) is 1. The van der Waals surface area contributed by atoms with Crippen molar-refractivity contribution in [3.05, 3.63) is 59.6 Å². The molecule has 1 aliphatic rings. The molecule has 2 aromatic carbocycles. The van der Waals surface area contributed by atoms with Crippen molar-refractivity contribution in [3.8, 4) is 11.5 Å². The van der Waals surface area contributed by atoms with Crippen LogP contribution >= 0.6 is 11.6 Å². The highest BCUT2D eigenvalue weighted by molar-refractivity contribution is 6.30. The Morgan fingerprint density at radius 3 is 2.58 bits per heavy atom. The van der Waals surface area contributed by atoms with Crippen molar-refractivity contribution in [2.45, 2.75) is 18.6 Å². The van der Waals surface area contributed by atoms with Gasteiger partial charge < -0.3 is 14.6 Å². The van der Waals surface area contributed by atoms with Crippen LogP contribution in [0.25, 0.3) is 0 Å². The molecule has 1 N–H and O–H groups in total. The first-order valence-corrected chi connectivity index (χ1v) is 8.57. The molecule has 1 fully saturated rings. The Kier molecular flexibility index (Phi) is 5.96. The number of ether oxygens (including phenoxy) is 2. The van der Waals surface area contributed by atoms with E-state index in [9.17, 15) is 5.11 Å². The minimum Gasteiger partial charge on any atom is -0.491 e. The van der Waals surface area contributed by atoms with E-state index in [1.165, 1.54) is 0 Å². The lowest BCUT2D eigenvalue weighted by molar-refractivity contribution is 0.0720. The average molecular weight is 348 g/mol. The van der Waals surface area contributed by atoms with Crippen LogP contribution in [0.4, 0.5) is 0 Å². The van der Waals surface area contributed by atoms with Crippen LogP contribution in [-0.4, -0.2) is 48.5 Å². The number of aliphatic hydroxyl groups is 1. The predicted molar refractivity (Wildman–Crippen MR) is 94.9 cm³/mol. The Labute approximate surface area is 147 Å². The van der Waals surface area contributed by atoms with Gasteiger partial charge in [-0.2, -0.15) is 0 Å². The van der Waals surface area contributed by atoms with Gasteiger partial charge in [-0.15, -0.1) is 0 Å². The van der Waals surface area contributed by atoms with Crippen LogP contribution in [0.2, 0.25) is 5.02 Å². The summed E-state index contributed by atoms with van der Waals surface area (Å²) in [5.41, 5.74) is 0. The van der Waals surface area contributed by atoms with E-state index in [1.807, 2.05) is 30.3 Å². The molecule has 0 aliphatic carbocycles. The highest BCUT2D eigenvalue weighted by Crippen LogP contribution is 2.19. The summed E-state index contributed by atoms with van der Waals surface area (Å²) in [4.78, 5) is 2.21. The number of β-amino-alcohol motifs (C(OH)–C–C–N with tert-alkyl or cyclic N) is 1. The third-order valence-corrected chi connectivity index (χ3v) is 4.25. The molecule has 2 unspecified atom stereocenters. The van der Waals surface area contributed by atoms with Gasteiger partial charge in [0.15, 0.2) is 0 Å². The molecule has 1 saturated heterocycles. The van der Waals surface area contributed by atoms with Crippen LogP contribution in [0, 0.1) is 0 Å². The quantitative estimate of drug-likeness (QED) is 0.835. The van der Waals surface area contributed by atoms with Crippen LogP contribution in [0.1, 0.15) is 6.42 Å². The van der Waals surface area contributed by atoms with Crippen molar-refractivity contribution in [2.24, 2.45) is 0 Å². The summed E-state index contributed by atoms with van der Waals surface area (Å²) in [5, 5.41) is 10.8. The zero-order valence-electron chi connectivity index (χ0n) is 13.5. The fourth-order valence-corrected chi connectivity index (χ4v) is 2.95. The fraction of sp³-hybridized carbons (Fsp3) is 0.368. The molecule has 128 valence electrons. The summed E-state index contributed by atoms with van der Waals surface area (Å²) in [6, 6.07) is 17.0. The summed E-state index contributed by atoms with van der Waals surface area (Å²) >= 11 is 5.84. The van der Waals surface area contributed by atoms with E-state index in [2.05, 4.69) is 4.90 Å². The van der Waals surface area contributed by atoms with Gasteiger partial charge in [-0.3, -0.25) is 4.90 Å². The van der Waals surface area contributed by atoms with Crippen molar-refractivity contribution < 1.29 is 14.6 Å². The third-order valence-electron chi connectivity index (χ3n) is 4.00. The van der Waals surface area contributed by atoms with E-state index in [0.29, 0.717) is 17.3 Å². The van der Waals surface area contributed by atoms with Crippen LogP contribution < -0.4 is 9.47 Å². The topological polar surface area (TPSA) is 41.9 Å². The molecule has 4 nitrogen and oxygen atoms in total. The van der Waals surface area contributed by atoms with Crippen molar-refractivity contribution in [1.29, 1.82) is 0 Å². The van der Waals surface area contributed by atoms with Crippen LogP contribution in [0.15, 0.2) is 54.6 Å². The molecular weight excluding hydrogens is 326 g/mol. The number of rotatable bonds is 7. The number of halogens is 1. The molecular formula is C19H22ClNO3. The lowest BCUT2D eigenvalue weighted by Gasteiger charge is -2.20. The predicted octanol–water partition coefficient (Wildman–Crippen LogP) is 3.23. The second-order valence-electron chi connectivity index (χ2n) is 6.02. The lowest BCUT2D eigenvalue weighted by Crippen LogP contribution is -2.35. The van der Waals surface area contributed by atoms with Gasteiger partial charge in [0.05, 0.1) is 0 Å².